The van der Waals surface area contributed by atoms with E-state index < -0.39 is 0 Å². The third-order valence-electron chi connectivity index (χ3n) is 4.27. The monoisotopic (exact) mass is 266 g/mol. The van der Waals surface area contributed by atoms with Crippen molar-refractivity contribution < 1.29 is 9.13 Å². The second kappa shape index (κ2) is 5.97. The minimum absolute atomic E-state index is 0.0250. The fraction of sp³-hybridized carbons (Fsp3) is 0.667. The van der Waals surface area contributed by atoms with E-state index in [0.717, 1.165) is 6.54 Å². The molecule has 5 atom stereocenters. The van der Waals surface area contributed by atoms with Gasteiger partial charge in [-0.1, -0.05) is 13.8 Å². The summed E-state index contributed by atoms with van der Waals surface area (Å²) in [7, 11) is 0. The van der Waals surface area contributed by atoms with Crippen molar-refractivity contribution in [2.45, 2.75) is 45.9 Å². The highest BCUT2D eigenvalue weighted by Crippen LogP contribution is 2.40. The van der Waals surface area contributed by atoms with Crippen LogP contribution in [-0.4, -0.2) is 23.7 Å². The van der Waals surface area contributed by atoms with Crippen LogP contribution >= 0.6 is 0 Å². The highest BCUT2D eigenvalue weighted by Gasteiger charge is 2.42. The van der Waals surface area contributed by atoms with Crippen molar-refractivity contribution in [2.24, 2.45) is 11.8 Å². The molecule has 4 heteroatoms. The van der Waals surface area contributed by atoms with Crippen molar-refractivity contribution in [3.63, 3.8) is 0 Å². The van der Waals surface area contributed by atoms with Crippen LogP contribution in [0.15, 0.2) is 18.5 Å². The maximum atomic E-state index is 14.0. The number of nitrogens with one attached hydrogen (secondary N) is 1. The number of nitrogens with zero attached hydrogens (tertiary/aromatic N) is 1. The number of halogens is 1. The molecular formula is C15H23FN2O. The third-order valence-corrected chi connectivity index (χ3v) is 4.27. The van der Waals surface area contributed by atoms with E-state index in [-0.39, 0.29) is 30.0 Å². The quantitative estimate of drug-likeness (QED) is 0.910. The first kappa shape index (κ1) is 14.4. The minimum atomic E-state index is -0.243. The Morgan fingerprint density at radius 1 is 1.37 bits per heavy atom. The maximum Gasteiger partial charge on any atom is 0.146 e. The maximum absolute atomic E-state index is 14.0. The van der Waals surface area contributed by atoms with Gasteiger partial charge >= 0.3 is 0 Å². The molecule has 3 nitrogen and oxygen atoms in total. The van der Waals surface area contributed by atoms with Gasteiger partial charge in [-0.25, -0.2) is 4.39 Å². The van der Waals surface area contributed by atoms with E-state index in [2.05, 4.69) is 31.1 Å². The first-order valence-electron chi connectivity index (χ1n) is 7.04. The summed E-state index contributed by atoms with van der Waals surface area (Å²) < 4.78 is 19.9. The Morgan fingerprint density at radius 2 is 2.11 bits per heavy atom. The summed E-state index contributed by atoms with van der Waals surface area (Å²) in [5.74, 6) is 0.422. The Kier molecular flexibility index (Phi) is 4.53. The molecule has 1 aromatic rings. The van der Waals surface area contributed by atoms with Gasteiger partial charge in [-0.2, -0.15) is 0 Å². The van der Waals surface area contributed by atoms with Gasteiger partial charge in [0.15, 0.2) is 0 Å². The number of hydrogen-bond donors (Lipinski definition) is 1. The SMILES string of the molecule is CCNC(c1ccncc1F)C1C(C)OC(C)C1C. The van der Waals surface area contributed by atoms with Crippen LogP contribution in [-0.2, 0) is 4.74 Å². The van der Waals surface area contributed by atoms with Crippen LogP contribution < -0.4 is 5.32 Å². The third kappa shape index (κ3) is 2.79. The van der Waals surface area contributed by atoms with Crippen LogP contribution in [0.3, 0.4) is 0 Å². The van der Waals surface area contributed by atoms with E-state index in [9.17, 15) is 4.39 Å². The van der Waals surface area contributed by atoms with Crippen molar-refractivity contribution in [1.82, 2.24) is 10.3 Å². The topological polar surface area (TPSA) is 34.2 Å². The molecule has 19 heavy (non-hydrogen) atoms. The van der Waals surface area contributed by atoms with Crippen molar-refractivity contribution in [3.8, 4) is 0 Å². The predicted octanol–water partition coefficient (Wildman–Crippen LogP) is 2.93. The summed E-state index contributed by atoms with van der Waals surface area (Å²) >= 11 is 0. The van der Waals surface area contributed by atoms with E-state index in [1.165, 1.54) is 6.20 Å². The molecule has 0 aliphatic carbocycles. The Balaban J connectivity index is 2.33. The zero-order valence-electron chi connectivity index (χ0n) is 12.1. The van der Waals surface area contributed by atoms with Gasteiger partial charge in [0, 0.05) is 23.7 Å². The zero-order valence-corrected chi connectivity index (χ0v) is 12.1. The minimum Gasteiger partial charge on any atom is -0.375 e. The van der Waals surface area contributed by atoms with Gasteiger partial charge in [-0.05, 0) is 32.4 Å². The van der Waals surface area contributed by atoms with Crippen molar-refractivity contribution in [2.75, 3.05) is 6.54 Å². The Hall–Kier alpha value is -1.00. The molecule has 0 aromatic carbocycles. The molecule has 106 valence electrons. The van der Waals surface area contributed by atoms with Gasteiger partial charge in [-0.15, -0.1) is 0 Å². The van der Waals surface area contributed by atoms with Crippen LogP contribution in [0, 0.1) is 17.7 Å². The Morgan fingerprint density at radius 3 is 2.63 bits per heavy atom. The first-order valence-corrected chi connectivity index (χ1v) is 7.04. The number of rotatable bonds is 4. The molecule has 1 saturated heterocycles. The van der Waals surface area contributed by atoms with Gasteiger partial charge in [0.1, 0.15) is 5.82 Å². The van der Waals surface area contributed by atoms with Gasteiger partial charge in [0.05, 0.1) is 18.4 Å². The normalized spacial score (nSPS) is 32.5. The lowest BCUT2D eigenvalue weighted by Gasteiger charge is -2.30. The summed E-state index contributed by atoms with van der Waals surface area (Å²) in [5, 5.41) is 3.42. The Labute approximate surface area is 114 Å². The molecule has 0 radical (unpaired) electrons. The average Bonchev–Trinajstić information content (AvgIpc) is 2.62. The standard InChI is InChI=1S/C15H23FN2O/c1-5-18-15(12-6-7-17-8-13(12)16)14-9(2)10(3)19-11(14)4/h6-11,14-15,18H,5H2,1-4H3. The average molecular weight is 266 g/mol. The lowest BCUT2D eigenvalue weighted by molar-refractivity contribution is 0.0474. The molecule has 0 saturated carbocycles. The largest absolute Gasteiger partial charge is 0.375 e. The van der Waals surface area contributed by atoms with Gasteiger partial charge in [-0.3, -0.25) is 4.98 Å². The van der Waals surface area contributed by atoms with Gasteiger partial charge < -0.3 is 10.1 Å². The summed E-state index contributed by atoms with van der Waals surface area (Å²) in [5.41, 5.74) is 0.693. The molecule has 2 rings (SSSR count). The number of aromatic nitrogens is 1. The molecular weight excluding hydrogens is 243 g/mol. The van der Waals surface area contributed by atoms with E-state index >= 15 is 0 Å². The molecule has 2 heterocycles. The van der Waals surface area contributed by atoms with Gasteiger partial charge in [0.2, 0.25) is 0 Å². The van der Waals surface area contributed by atoms with Crippen LogP contribution in [0.1, 0.15) is 39.3 Å². The number of ether oxygens (including phenoxy) is 1. The van der Waals surface area contributed by atoms with Crippen LogP contribution in [0.4, 0.5) is 4.39 Å². The number of pyridine rings is 1. The van der Waals surface area contributed by atoms with Gasteiger partial charge in [0.25, 0.3) is 0 Å². The van der Waals surface area contributed by atoms with Crippen LogP contribution in [0.5, 0.6) is 0 Å². The van der Waals surface area contributed by atoms with Crippen molar-refractivity contribution in [1.29, 1.82) is 0 Å². The molecule has 1 fully saturated rings. The highest BCUT2D eigenvalue weighted by molar-refractivity contribution is 5.20. The summed E-state index contributed by atoms with van der Waals surface area (Å²) in [6.45, 7) is 9.20. The van der Waals surface area contributed by atoms with Crippen molar-refractivity contribution in [3.05, 3.63) is 29.8 Å². The highest BCUT2D eigenvalue weighted by atomic mass is 19.1. The smallest absolute Gasteiger partial charge is 0.146 e. The molecule has 0 spiro atoms. The van der Waals surface area contributed by atoms with E-state index in [1.54, 1.807) is 12.3 Å². The van der Waals surface area contributed by atoms with E-state index in [0.29, 0.717) is 11.5 Å². The van der Waals surface area contributed by atoms with Crippen LogP contribution in [0.2, 0.25) is 0 Å². The molecule has 1 aliphatic rings. The Bertz CT molecular complexity index is 426. The summed E-state index contributed by atoms with van der Waals surface area (Å²) in [4.78, 5) is 3.83. The van der Waals surface area contributed by atoms with E-state index in [4.69, 9.17) is 4.74 Å². The molecule has 1 N–H and O–H groups in total. The molecule has 1 aliphatic heterocycles. The zero-order chi connectivity index (χ0) is 14.0. The first-order chi connectivity index (χ1) is 9.06. The lowest BCUT2D eigenvalue weighted by Crippen LogP contribution is -2.35. The molecule has 5 unspecified atom stereocenters. The fourth-order valence-electron chi connectivity index (χ4n) is 3.18. The molecule has 0 bridgehead atoms. The predicted molar refractivity (Wildman–Crippen MR) is 73.3 cm³/mol. The van der Waals surface area contributed by atoms with Crippen molar-refractivity contribution >= 4 is 0 Å². The summed E-state index contributed by atoms with van der Waals surface area (Å²) in [6, 6.07) is 1.74. The number of hydrogen-bond acceptors (Lipinski definition) is 3. The fourth-order valence-corrected chi connectivity index (χ4v) is 3.18. The second-order valence-corrected chi connectivity index (χ2v) is 5.42. The second-order valence-electron chi connectivity index (χ2n) is 5.42. The van der Waals surface area contributed by atoms with Crippen LogP contribution in [0.25, 0.3) is 0 Å². The molecule has 0 amide bonds. The molecule has 1 aromatic heterocycles. The lowest BCUT2D eigenvalue weighted by atomic mass is 9.80. The van der Waals surface area contributed by atoms with E-state index in [1.807, 2.05) is 6.92 Å². The summed E-state index contributed by atoms with van der Waals surface area (Å²) in [6.07, 6.45) is 3.28.